The van der Waals surface area contributed by atoms with E-state index < -0.39 is 9.84 Å². The maximum atomic E-state index is 11.8. The SMILES string of the molecule is CN1CC2CCC(C1)N2CC1CCN(c2cccc(S(C)(=O)=O)c2)CC1. The second-order valence-corrected chi connectivity index (χ2v) is 10.5. The summed E-state index contributed by atoms with van der Waals surface area (Å²) in [4.78, 5) is 8.07. The molecule has 0 spiro atoms. The summed E-state index contributed by atoms with van der Waals surface area (Å²) >= 11 is 0. The lowest BCUT2D eigenvalue weighted by molar-refractivity contribution is 0.0639. The normalized spacial score (nSPS) is 28.6. The monoisotopic (exact) mass is 377 g/mol. The minimum Gasteiger partial charge on any atom is -0.371 e. The molecule has 4 rings (SSSR count). The first kappa shape index (κ1) is 18.3. The Labute approximate surface area is 157 Å². The van der Waals surface area contributed by atoms with Gasteiger partial charge < -0.3 is 9.80 Å². The number of piperidine rings is 1. The van der Waals surface area contributed by atoms with E-state index >= 15 is 0 Å². The van der Waals surface area contributed by atoms with Gasteiger partial charge in [-0.05, 0) is 56.8 Å². The molecule has 3 aliphatic heterocycles. The molecule has 1 aromatic rings. The number of hydrogen-bond acceptors (Lipinski definition) is 5. The van der Waals surface area contributed by atoms with Crippen molar-refractivity contribution in [3.05, 3.63) is 24.3 Å². The van der Waals surface area contributed by atoms with E-state index in [1.165, 1.54) is 51.6 Å². The fourth-order valence-corrected chi connectivity index (χ4v) is 5.74. The average molecular weight is 378 g/mol. The number of fused-ring (bicyclic) bond motifs is 2. The van der Waals surface area contributed by atoms with Gasteiger partial charge in [0.1, 0.15) is 0 Å². The number of likely N-dealkylation sites (tertiary alicyclic amines) is 1. The minimum atomic E-state index is -3.14. The van der Waals surface area contributed by atoms with Gasteiger partial charge in [0.05, 0.1) is 4.90 Å². The summed E-state index contributed by atoms with van der Waals surface area (Å²) in [6.07, 6.45) is 6.42. The van der Waals surface area contributed by atoms with E-state index in [1.54, 1.807) is 6.07 Å². The van der Waals surface area contributed by atoms with E-state index in [4.69, 9.17) is 0 Å². The van der Waals surface area contributed by atoms with Crippen LogP contribution in [0.2, 0.25) is 0 Å². The lowest BCUT2D eigenvalue weighted by Gasteiger charge is -2.43. The van der Waals surface area contributed by atoms with E-state index in [9.17, 15) is 8.42 Å². The molecular weight excluding hydrogens is 346 g/mol. The number of hydrogen-bond donors (Lipinski definition) is 0. The number of nitrogens with zero attached hydrogens (tertiary/aromatic N) is 3. The van der Waals surface area contributed by atoms with E-state index in [2.05, 4.69) is 21.7 Å². The molecule has 3 saturated heterocycles. The number of rotatable bonds is 4. The Hall–Kier alpha value is -1.11. The van der Waals surface area contributed by atoms with Crippen LogP contribution < -0.4 is 4.90 Å². The molecule has 2 bridgehead atoms. The van der Waals surface area contributed by atoms with Crippen LogP contribution in [0.4, 0.5) is 5.69 Å². The molecule has 0 aliphatic carbocycles. The molecule has 144 valence electrons. The molecule has 3 aliphatic rings. The third-order valence-corrected chi connectivity index (χ3v) is 7.62. The zero-order valence-corrected chi connectivity index (χ0v) is 16.8. The number of benzene rings is 1. The van der Waals surface area contributed by atoms with E-state index in [1.807, 2.05) is 18.2 Å². The van der Waals surface area contributed by atoms with Crippen LogP contribution in [0.25, 0.3) is 0 Å². The smallest absolute Gasteiger partial charge is 0.175 e. The fourth-order valence-electron chi connectivity index (χ4n) is 5.08. The van der Waals surface area contributed by atoms with Crippen molar-refractivity contribution >= 4 is 15.5 Å². The highest BCUT2D eigenvalue weighted by molar-refractivity contribution is 7.90. The van der Waals surface area contributed by atoms with Crippen molar-refractivity contribution in [3.63, 3.8) is 0 Å². The molecular formula is C20H31N3O2S. The van der Waals surface area contributed by atoms with E-state index in [0.717, 1.165) is 36.8 Å². The number of piperazine rings is 1. The molecule has 2 unspecified atom stereocenters. The average Bonchev–Trinajstić information content (AvgIpc) is 2.85. The van der Waals surface area contributed by atoms with Crippen LogP contribution in [0.5, 0.6) is 0 Å². The first-order valence-electron chi connectivity index (χ1n) is 9.89. The third kappa shape index (κ3) is 3.78. The van der Waals surface area contributed by atoms with Crippen molar-refractivity contribution in [1.82, 2.24) is 9.80 Å². The predicted octanol–water partition coefficient (Wildman–Crippen LogP) is 2.08. The molecule has 3 heterocycles. The second kappa shape index (κ2) is 7.13. The van der Waals surface area contributed by atoms with Gasteiger partial charge in [0.25, 0.3) is 0 Å². The summed E-state index contributed by atoms with van der Waals surface area (Å²) < 4.78 is 23.6. The fraction of sp³-hybridized carbons (Fsp3) is 0.700. The highest BCUT2D eigenvalue weighted by atomic mass is 32.2. The van der Waals surface area contributed by atoms with Crippen LogP contribution in [-0.4, -0.2) is 76.3 Å². The number of anilines is 1. The standard InChI is InChI=1S/C20H31N3O2S/c1-21-14-18-6-7-19(15-21)23(18)13-16-8-10-22(11-9-16)17-4-3-5-20(12-17)26(2,24)25/h3-5,12,16,18-19H,6-11,13-15H2,1-2H3. The molecule has 0 saturated carbocycles. The van der Waals surface area contributed by atoms with Crippen LogP contribution in [0.3, 0.4) is 0 Å². The van der Waals surface area contributed by atoms with Gasteiger partial charge in [-0.1, -0.05) is 6.07 Å². The van der Waals surface area contributed by atoms with Gasteiger partial charge >= 0.3 is 0 Å². The Kier molecular flexibility index (Phi) is 5.01. The lowest BCUT2D eigenvalue weighted by atomic mass is 9.94. The number of sulfone groups is 1. The summed E-state index contributed by atoms with van der Waals surface area (Å²) in [5, 5.41) is 0. The van der Waals surface area contributed by atoms with Crippen molar-refractivity contribution in [2.45, 2.75) is 42.7 Å². The van der Waals surface area contributed by atoms with Gasteiger partial charge in [-0.15, -0.1) is 0 Å². The largest absolute Gasteiger partial charge is 0.371 e. The zero-order valence-electron chi connectivity index (χ0n) is 16.0. The summed E-state index contributed by atoms with van der Waals surface area (Å²) in [5.41, 5.74) is 1.05. The molecule has 1 aromatic carbocycles. The first-order valence-corrected chi connectivity index (χ1v) is 11.8. The molecule has 2 atom stereocenters. The van der Waals surface area contributed by atoms with Gasteiger partial charge in [-0.25, -0.2) is 8.42 Å². The number of likely N-dealkylation sites (N-methyl/N-ethyl adjacent to an activating group) is 1. The van der Waals surface area contributed by atoms with Gasteiger partial charge in [0.15, 0.2) is 9.84 Å². The summed E-state index contributed by atoms with van der Waals surface area (Å²) in [7, 11) is -0.885. The van der Waals surface area contributed by atoms with Crippen LogP contribution in [0, 0.1) is 5.92 Å². The van der Waals surface area contributed by atoms with Crippen LogP contribution in [-0.2, 0) is 9.84 Å². The summed E-state index contributed by atoms with van der Waals surface area (Å²) in [6.45, 7) is 5.77. The molecule has 0 aromatic heterocycles. The van der Waals surface area contributed by atoms with Crippen molar-refractivity contribution in [2.75, 3.05) is 50.9 Å². The van der Waals surface area contributed by atoms with Gasteiger partial charge in [0.2, 0.25) is 0 Å². The molecule has 5 nitrogen and oxygen atoms in total. The lowest BCUT2D eigenvalue weighted by Crippen LogP contribution is -2.54. The Morgan fingerprint density at radius 2 is 1.69 bits per heavy atom. The van der Waals surface area contributed by atoms with Gasteiger partial charge in [-0.2, -0.15) is 0 Å². The maximum absolute atomic E-state index is 11.8. The molecule has 0 amide bonds. The van der Waals surface area contributed by atoms with Gasteiger partial charge in [-0.3, -0.25) is 4.90 Å². The van der Waals surface area contributed by atoms with Crippen LogP contribution in [0.15, 0.2) is 29.2 Å². The minimum absolute atomic E-state index is 0.422. The van der Waals surface area contributed by atoms with Crippen molar-refractivity contribution in [1.29, 1.82) is 0 Å². The Morgan fingerprint density at radius 1 is 1.04 bits per heavy atom. The van der Waals surface area contributed by atoms with Crippen molar-refractivity contribution in [2.24, 2.45) is 5.92 Å². The molecule has 26 heavy (non-hydrogen) atoms. The predicted molar refractivity (Wildman–Crippen MR) is 106 cm³/mol. The topological polar surface area (TPSA) is 43.9 Å². The molecule has 0 N–H and O–H groups in total. The van der Waals surface area contributed by atoms with Gasteiger partial charge in [0, 0.05) is 56.8 Å². The Balaban J connectivity index is 1.35. The Morgan fingerprint density at radius 3 is 2.31 bits per heavy atom. The highest BCUT2D eigenvalue weighted by Gasteiger charge is 2.39. The summed E-state index contributed by atoms with van der Waals surface area (Å²) in [5.74, 6) is 0.774. The Bertz CT molecular complexity index is 729. The van der Waals surface area contributed by atoms with E-state index in [0.29, 0.717) is 4.90 Å². The quantitative estimate of drug-likeness (QED) is 0.804. The van der Waals surface area contributed by atoms with E-state index in [-0.39, 0.29) is 0 Å². The van der Waals surface area contributed by atoms with Crippen LogP contribution in [0.1, 0.15) is 25.7 Å². The third-order valence-electron chi connectivity index (χ3n) is 6.51. The zero-order chi connectivity index (χ0) is 18.3. The second-order valence-electron chi connectivity index (χ2n) is 8.50. The first-order chi connectivity index (χ1) is 12.4. The molecule has 3 fully saturated rings. The maximum Gasteiger partial charge on any atom is 0.175 e. The highest BCUT2D eigenvalue weighted by Crippen LogP contribution is 2.33. The van der Waals surface area contributed by atoms with Crippen LogP contribution >= 0.6 is 0 Å². The van der Waals surface area contributed by atoms with Crippen molar-refractivity contribution < 1.29 is 8.42 Å². The summed E-state index contributed by atoms with van der Waals surface area (Å²) in [6, 6.07) is 8.95. The molecule has 6 heteroatoms. The molecule has 0 radical (unpaired) electrons. The van der Waals surface area contributed by atoms with Crippen molar-refractivity contribution in [3.8, 4) is 0 Å².